The number of fused-ring (bicyclic) bond motifs is 2. The number of ether oxygens (including phenoxy) is 2. The van der Waals surface area contributed by atoms with Gasteiger partial charge in [-0.2, -0.15) is 0 Å². The van der Waals surface area contributed by atoms with Crippen molar-refractivity contribution in [2.45, 2.75) is 13.3 Å². The Morgan fingerprint density at radius 1 is 1.07 bits per heavy atom. The normalized spacial score (nSPS) is 10.9. The van der Waals surface area contributed by atoms with Gasteiger partial charge in [-0.25, -0.2) is 0 Å². The van der Waals surface area contributed by atoms with Crippen LogP contribution in [0.3, 0.4) is 0 Å². The van der Waals surface area contributed by atoms with Gasteiger partial charge in [0.2, 0.25) is 0 Å². The molecule has 1 amide bonds. The summed E-state index contributed by atoms with van der Waals surface area (Å²) in [6.07, 6.45) is 2.44. The van der Waals surface area contributed by atoms with E-state index < -0.39 is 0 Å². The van der Waals surface area contributed by atoms with Crippen molar-refractivity contribution in [2.24, 2.45) is 0 Å². The fourth-order valence-electron chi connectivity index (χ4n) is 3.34. The molecule has 152 valence electrons. The zero-order valence-corrected chi connectivity index (χ0v) is 17.0. The molecular formula is C24H23N3O3. The van der Waals surface area contributed by atoms with Crippen LogP contribution < -0.4 is 14.8 Å². The maximum absolute atomic E-state index is 12.6. The van der Waals surface area contributed by atoms with Gasteiger partial charge in [-0.15, -0.1) is 0 Å². The molecule has 0 bridgehead atoms. The SMILES string of the molecule is COc1ccc2cc(C(=O)NCCCOc3cccc4cccnc34)c(C)nc2c1. The van der Waals surface area contributed by atoms with Crippen molar-refractivity contribution >= 4 is 27.7 Å². The van der Waals surface area contributed by atoms with Crippen LogP contribution in [0.4, 0.5) is 0 Å². The van der Waals surface area contributed by atoms with E-state index in [2.05, 4.69) is 15.3 Å². The van der Waals surface area contributed by atoms with Gasteiger partial charge in [0.15, 0.2) is 0 Å². The highest BCUT2D eigenvalue weighted by atomic mass is 16.5. The Bertz CT molecular complexity index is 1200. The highest BCUT2D eigenvalue weighted by Gasteiger charge is 2.12. The molecule has 2 heterocycles. The summed E-state index contributed by atoms with van der Waals surface area (Å²) in [6.45, 7) is 2.84. The van der Waals surface area contributed by atoms with E-state index in [1.165, 1.54) is 0 Å². The first-order valence-electron chi connectivity index (χ1n) is 9.86. The number of carbonyl (C=O) groups is 1. The molecule has 4 aromatic rings. The summed E-state index contributed by atoms with van der Waals surface area (Å²) in [5.74, 6) is 1.36. The van der Waals surface area contributed by atoms with E-state index in [0.29, 0.717) is 30.8 Å². The number of pyridine rings is 2. The molecule has 0 atom stereocenters. The van der Waals surface area contributed by atoms with Gasteiger partial charge >= 0.3 is 0 Å². The molecule has 0 aliphatic carbocycles. The van der Waals surface area contributed by atoms with E-state index in [4.69, 9.17) is 9.47 Å². The summed E-state index contributed by atoms with van der Waals surface area (Å²) >= 11 is 0. The van der Waals surface area contributed by atoms with Crippen molar-refractivity contribution in [2.75, 3.05) is 20.3 Å². The van der Waals surface area contributed by atoms with E-state index in [1.54, 1.807) is 13.3 Å². The first kappa shape index (κ1) is 19.6. The maximum Gasteiger partial charge on any atom is 0.253 e. The van der Waals surface area contributed by atoms with Crippen molar-refractivity contribution in [3.05, 3.63) is 72.1 Å². The highest BCUT2D eigenvalue weighted by molar-refractivity contribution is 5.98. The average Bonchev–Trinajstić information content (AvgIpc) is 2.78. The number of aromatic nitrogens is 2. The Labute approximate surface area is 174 Å². The maximum atomic E-state index is 12.6. The molecule has 2 aromatic heterocycles. The summed E-state index contributed by atoms with van der Waals surface area (Å²) in [7, 11) is 1.62. The lowest BCUT2D eigenvalue weighted by atomic mass is 10.1. The minimum Gasteiger partial charge on any atom is -0.497 e. The Hall–Kier alpha value is -3.67. The third-order valence-corrected chi connectivity index (χ3v) is 4.92. The molecule has 0 unspecified atom stereocenters. The summed E-state index contributed by atoms with van der Waals surface area (Å²) in [5.41, 5.74) is 2.91. The first-order chi connectivity index (χ1) is 14.7. The summed E-state index contributed by atoms with van der Waals surface area (Å²) in [4.78, 5) is 21.5. The van der Waals surface area contributed by atoms with Crippen molar-refractivity contribution in [3.63, 3.8) is 0 Å². The molecule has 2 aromatic carbocycles. The van der Waals surface area contributed by atoms with Crippen LogP contribution in [0, 0.1) is 6.92 Å². The number of rotatable bonds is 7. The molecule has 30 heavy (non-hydrogen) atoms. The third kappa shape index (κ3) is 4.17. The summed E-state index contributed by atoms with van der Waals surface area (Å²) in [6, 6.07) is 17.3. The molecule has 0 fully saturated rings. The smallest absolute Gasteiger partial charge is 0.253 e. The second-order valence-corrected chi connectivity index (χ2v) is 6.97. The molecular weight excluding hydrogens is 378 g/mol. The summed E-state index contributed by atoms with van der Waals surface area (Å²) in [5, 5.41) is 4.89. The van der Waals surface area contributed by atoms with Gasteiger partial charge in [0.05, 0.1) is 30.5 Å². The number of para-hydroxylation sites is 1. The van der Waals surface area contributed by atoms with Crippen molar-refractivity contribution < 1.29 is 14.3 Å². The van der Waals surface area contributed by atoms with Crippen LogP contribution >= 0.6 is 0 Å². The van der Waals surface area contributed by atoms with Crippen molar-refractivity contribution in [3.8, 4) is 11.5 Å². The third-order valence-electron chi connectivity index (χ3n) is 4.92. The fourth-order valence-corrected chi connectivity index (χ4v) is 3.34. The van der Waals surface area contributed by atoms with Gasteiger partial charge in [-0.05, 0) is 43.7 Å². The largest absolute Gasteiger partial charge is 0.497 e. The summed E-state index contributed by atoms with van der Waals surface area (Å²) < 4.78 is 11.1. The van der Waals surface area contributed by atoms with Crippen LogP contribution in [0.1, 0.15) is 22.5 Å². The molecule has 0 aliphatic rings. The number of aryl methyl sites for hydroxylation is 1. The highest BCUT2D eigenvalue weighted by Crippen LogP contribution is 2.23. The topological polar surface area (TPSA) is 73.3 Å². The number of amides is 1. The van der Waals surface area contributed by atoms with Crippen LogP contribution in [-0.2, 0) is 0 Å². The fraction of sp³-hybridized carbons (Fsp3) is 0.208. The van der Waals surface area contributed by atoms with Crippen LogP contribution in [0.2, 0.25) is 0 Å². The van der Waals surface area contributed by atoms with Crippen LogP contribution in [-0.4, -0.2) is 36.1 Å². The minimum atomic E-state index is -0.135. The zero-order valence-electron chi connectivity index (χ0n) is 17.0. The lowest BCUT2D eigenvalue weighted by Crippen LogP contribution is -2.26. The lowest BCUT2D eigenvalue weighted by molar-refractivity contribution is 0.0950. The number of hydrogen-bond acceptors (Lipinski definition) is 5. The van der Waals surface area contributed by atoms with E-state index in [9.17, 15) is 4.79 Å². The van der Waals surface area contributed by atoms with E-state index in [0.717, 1.165) is 33.3 Å². The monoisotopic (exact) mass is 401 g/mol. The Morgan fingerprint density at radius 3 is 2.80 bits per heavy atom. The quantitative estimate of drug-likeness (QED) is 0.468. The standard InChI is InChI=1S/C24H23N3O3/c1-16-20(14-18-9-10-19(29-2)15-21(18)27-16)24(28)26-12-5-13-30-22-8-3-6-17-7-4-11-25-23(17)22/h3-4,6-11,14-15H,5,12-13H2,1-2H3,(H,26,28). The number of benzene rings is 2. The van der Waals surface area contributed by atoms with E-state index >= 15 is 0 Å². The second kappa shape index (κ2) is 8.78. The average molecular weight is 401 g/mol. The molecule has 1 N–H and O–H groups in total. The van der Waals surface area contributed by atoms with Gasteiger partial charge in [-0.3, -0.25) is 14.8 Å². The number of carbonyl (C=O) groups excluding carboxylic acids is 1. The number of hydrogen-bond donors (Lipinski definition) is 1. The van der Waals surface area contributed by atoms with Crippen LogP contribution in [0.15, 0.2) is 60.8 Å². The van der Waals surface area contributed by atoms with Gasteiger partial charge < -0.3 is 14.8 Å². The molecule has 0 radical (unpaired) electrons. The number of methoxy groups -OCH3 is 1. The lowest BCUT2D eigenvalue weighted by Gasteiger charge is -2.11. The molecule has 0 saturated heterocycles. The van der Waals surface area contributed by atoms with Gasteiger partial charge in [0, 0.05) is 29.6 Å². The molecule has 0 spiro atoms. The zero-order chi connectivity index (χ0) is 20.9. The van der Waals surface area contributed by atoms with Crippen LogP contribution in [0.25, 0.3) is 21.8 Å². The van der Waals surface area contributed by atoms with Gasteiger partial charge in [0.1, 0.15) is 17.0 Å². The predicted octanol–water partition coefficient (Wildman–Crippen LogP) is 4.30. The van der Waals surface area contributed by atoms with Gasteiger partial charge in [0.25, 0.3) is 5.91 Å². The Morgan fingerprint density at radius 2 is 1.93 bits per heavy atom. The molecule has 6 heteroatoms. The minimum absolute atomic E-state index is 0.135. The van der Waals surface area contributed by atoms with Gasteiger partial charge in [-0.1, -0.05) is 18.2 Å². The predicted molar refractivity (Wildman–Crippen MR) is 117 cm³/mol. The molecule has 0 aliphatic heterocycles. The number of nitrogens with zero attached hydrogens (tertiary/aromatic N) is 2. The molecule has 4 rings (SSSR count). The first-order valence-corrected chi connectivity index (χ1v) is 9.86. The Kier molecular flexibility index (Phi) is 5.75. The number of nitrogens with one attached hydrogen (secondary N) is 1. The molecule has 0 saturated carbocycles. The van der Waals surface area contributed by atoms with E-state index in [1.807, 2.05) is 61.5 Å². The molecule has 6 nitrogen and oxygen atoms in total. The second-order valence-electron chi connectivity index (χ2n) is 6.97. The van der Waals surface area contributed by atoms with Crippen molar-refractivity contribution in [1.82, 2.24) is 15.3 Å². The van der Waals surface area contributed by atoms with Crippen LogP contribution in [0.5, 0.6) is 11.5 Å². The van der Waals surface area contributed by atoms with Crippen molar-refractivity contribution in [1.29, 1.82) is 0 Å². The Balaban J connectivity index is 1.34. The van der Waals surface area contributed by atoms with E-state index in [-0.39, 0.29) is 5.91 Å².